The fourth-order valence-corrected chi connectivity index (χ4v) is 4.77. The van der Waals surface area contributed by atoms with Gasteiger partial charge in [0.15, 0.2) is 5.13 Å². The molecule has 4 rings (SSSR count). The predicted octanol–water partition coefficient (Wildman–Crippen LogP) is 6.35. The number of anilines is 1. The summed E-state index contributed by atoms with van der Waals surface area (Å²) in [7, 11) is 1.61. The fourth-order valence-electron chi connectivity index (χ4n) is 3.50. The molecule has 0 fully saturated rings. The van der Waals surface area contributed by atoms with Gasteiger partial charge in [0.25, 0.3) is 0 Å². The number of carbonyl (C=O) groups is 1. The number of hydrogen-bond acceptors (Lipinski definition) is 4. The zero-order valence-corrected chi connectivity index (χ0v) is 19.3. The van der Waals surface area contributed by atoms with Crippen molar-refractivity contribution in [1.29, 1.82) is 0 Å². The van der Waals surface area contributed by atoms with Crippen molar-refractivity contribution in [2.75, 3.05) is 12.0 Å². The van der Waals surface area contributed by atoms with Gasteiger partial charge in [-0.15, -0.1) is 0 Å². The van der Waals surface area contributed by atoms with Crippen molar-refractivity contribution in [3.8, 4) is 5.75 Å². The highest BCUT2D eigenvalue weighted by Gasteiger charge is 2.23. The predicted molar refractivity (Wildman–Crippen MR) is 128 cm³/mol. The first-order valence-corrected chi connectivity index (χ1v) is 11.2. The Bertz CT molecular complexity index is 1240. The van der Waals surface area contributed by atoms with Crippen molar-refractivity contribution in [2.24, 2.45) is 0 Å². The third kappa shape index (κ3) is 4.58. The second-order valence-corrected chi connectivity index (χ2v) is 8.88. The van der Waals surface area contributed by atoms with E-state index in [0.29, 0.717) is 34.4 Å². The average molecular weight is 451 g/mol. The van der Waals surface area contributed by atoms with E-state index in [1.165, 1.54) is 11.3 Å². The zero-order chi connectivity index (χ0) is 22.0. The van der Waals surface area contributed by atoms with Gasteiger partial charge in [0.05, 0.1) is 29.8 Å². The number of carbonyl (C=O) groups excluding carboxylic acids is 1. The van der Waals surface area contributed by atoms with E-state index < -0.39 is 0 Å². The van der Waals surface area contributed by atoms with E-state index in [-0.39, 0.29) is 5.91 Å². The number of hydrogen-bond donors (Lipinski definition) is 0. The van der Waals surface area contributed by atoms with Crippen molar-refractivity contribution in [2.45, 2.75) is 26.8 Å². The van der Waals surface area contributed by atoms with Crippen LogP contribution < -0.4 is 9.64 Å². The SMILES string of the molecule is COc1ccc(Cl)c2sc(N(Cc3ccccc3)C(=O)Cc3cc(C)ccc3C)nc12. The average Bonchev–Trinajstić information content (AvgIpc) is 3.21. The zero-order valence-electron chi connectivity index (χ0n) is 17.7. The number of nitrogens with zero attached hydrogens (tertiary/aromatic N) is 2. The first-order valence-electron chi connectivity index (χ1n) is 9.99. The van der Waals surface area contributed by atoms with E-state index in [2.05, 4.69) is 18.2 Å². The molecule has 0 radical (unpaired) electrons. The van der Waals surface area contributed by atoms with E-state index in [9.17, 15) is 4.79 Å². The maximum atomic E-state index is 13.5. The summed E-state index contributed by atoms with van der Waals surface area (Å²) < 4.78 is 6.27. The van der Waals surface area contributed by atoms with Crippen LogP contribution in [0.1, 0.15) is 22.3 Å². The highest BCUT2D eigenvalue weighted by molar-refractivity contribution is 7.23. The molecule has 1 amide bonds. The number of aryl methyl sites for hydroxylation is 2. The van der Waals surface area contributed by atoms with Crippen molar-refractivity contribution in [3.63, 3.8) is 0 Å². The number of thiazole rings is 1. The molecule has 0 aliphatic rings. The van der Waals surface area contributed by atoms with E-state index in [1.54, 1.807) is 24.1 Å². The number of ether oxygens (including phenoxy) is 1. The molecule has 0 unspecified atom stereocenters. The van der Waals surface area contributed by atoms with E-state index in [1.807, 2.05) is 44.2 Å². The normalized spacial score (nSPS) is 11.0. The molecule has 4 aromatic rings. The molecular weight excluding hydrogens is 428 g/mol. The summed E-state index contributed by atoms with van der Waals surface area (Å²) in [6, 6.07) is 19.7. The van der Waals surface area contributed by atoms with Gasteiger partial charge >= 0.3 is 0 Å². The van der Waals surface area contributed by atoms with Crippen LogP contribution in [-0.2, 0) is 17.8 Å². The Hall–Kier alpha value is -2.89. The largest absolute Gasteiger partial charge is 0.494 e. The molecule has 158 valence electrons. The lowest BCUT2D eigenvalue weighted by atomic mass is 10.0. The lowest BCUT2D eigenvalue weighted by Gasteiger charge is -2.21. The van der Waals surface area contributed by atoms with Gasteiger partial charge in [0.1, 0.15) is 11.3 Å². The lowest BCUT2D eigenvalue weighted by Crippen LogP contribution is -2.31. The first-order chi connectivity index (χ1) is 15.0. The fraction of sp³-hybridized carbons (Fsp3) is 0.200. The molecule has 0 saturated heterocycles. The molecule has 0 bridgehead atoms. The van der Waals surface area contributed by atoms with Crippen molar-refractivity contribution in [3.05, 3.63) is 87.9 Å². The van der Waals surface area contributed by atoms with Crippen molar-refractivity contribution >= 4 is 44.2 Å². The van der Waals surface area contributed by atoms with Crippen LogP contribution in [0.25, 0.3) is 10.2 Å². The van der Waals surface area contributed by atoms with Crippen molar-refractivity contribution in [1.82, 2.24) is 4.98 Å². The standard InChI is InChI=1S/C25H23ClN2O2S/c1-16-9-10-17(2)19(13-16)14-22(29)28(15-18-7-5-4-6-8-18)25-27-23-21(30-3)12-11-20(26)24(23)31-25/h4-13H,14-15H2,1-3H3. The molecule has 0 aliphatic heterocycles. The number of aromatic nitrogens is 1. The topological polar surface area (TPSA) is 42.4 Å². The summed E-state index contributed by atoms with van der Waals surface area (Å²) in [5, 5.41) is 1.21. The second kappa shape index (κ2) is 9.08. The maximum Gasteiger partial charge on any atom is 0.233 e. The van der Waals surface area contributed by atoms with E-state index in [0.717, 1.165) is 27.0 Å². The van der Waals surface area contributed by atoms with Gasteiger partial charge in [-0.25, -0.2) is 4.98 Å². The summed E-state index contributed by atoms with van der Waals surface area (Å²) in [6.45, 7) is 4.51. The molecule has 6 heteroatoms. The Morgan fingerprint density at radius 3 is 2.61 bits per heavy atom. The minimum absolute atomic E-state index is 0.00769. The molecule has 3 aromatic carbocycles. The number of amides is 1. The Morgan fingerprint density at radius 2 is 1.87 bits per heavy atom. The molecule has 4 nitrogen and oxygen atoms in total. The number of benzene rings is 3. The molecule has 0 spiro atoms. The van der Waals surface area contributed by atoms with Gasteiger partial charge in [-0.2, -0.15) is 0 Å². The third-order valence-corrected chi connectivity index (χ3v) is 6.77. The van der Waals surface area contributed by atoms with E-state index in [4.69, 9.17) is 21.3 Å². The van der Waals surface area contributed by atoms with Crippen LogP contribution in [-0.4, -0.2) is 18.0 Å². The summed E-state index contributed by atoms with van der Waals surface area (Å²) in [5.41, 5.74) is 4.98. The summed E-state index contributed by atoms with van der Waals surface area (Å²) in [4.78, 5) is 20.0. The smallest absolute Gasteiger partial charge is 0.233 e. The second-order valence-electron chi connectivity index (χ2n) is 7.50. The minimum atomic E-state index is -0.00769. The van der Waals surface area contributed by atoms with Crippen LogP contribution in [0.4, 0.5) is 5.13 Å². The van der Waals surface area contributed by atoms with Gasteiger partial charge in [0, 0.05) is 0 Å². The van der Waals surface area contributed by atoms with Crippen LogP contribution in [0.5, 0.6) is 5.75 Å². The molecule has 1 aromatic heterocycles. The minimum Gasteiger partial charge on any atom is -0.494 e. The van der Waals surface area contributed by atoms with Crippen LogP contribution in [0, 0.1) is 13.8 Å². The number of halogens is 1. The van der Waals surface area contributed by atoms with Crippen LogP contribution in [0.3, 0.4) is 0 Å². The third-order valence-electron chi connectivity index (χ3n) is 5.23. The van der Waals surface area contributed by atoms with Crippen LogP contribution in [0.15, 0.2) is 60.7 Å². The Balaban J connectivity index is 1.76. The first kappa shape index (κ1) is 21.3. The van der Waals surface area contributed by atoms with E-state index >= 15 is 0 Å². The quantitative estimate of drug-likeness (QED) is 0.343. The molecule has 0 saturated carbocycles. The van der Waals surface area contributed by atoms with Crippen LogP contribution >= 0.6 is 22.9 Å². The monoisotopic (exact) mass is 450 g/mol. The van der Waals surface area contributed by atoms with Crippen LogP contribution in [0.2, 0.25) is 5.02 Å². The molecule has 0 aliphatic carbocycles. The highest BCUT2D eigenvalue weighted by Crippen LogP contribution is 2.39. The van der Waals surface area contributed by atoms with Gasteiger partial charge in [-0.05, 0) is 42.7 Å². The molecule has 0 N–H and O–H groups in total. The summed E-state index contributed by atoms with van der Waals surface area (Å²) in [5.74, 6) is 0.634. The Kier molecular flexibility index (Phi) is 6.25. The Morgan fingerprint density at radius 1 is 1.10 bits per heavy atom. The number of methoxy groups -OCH3 is 1. The molecular formula is C25H23ClN2O2S. The summed E-state index contributed by atoms with van der Waals surface area (Å²) in [6.07, 6.45) is 0.307. The Labute approximate surface area is 191 Å². The molecule has 31 heavy (non-hydrogen) atoms. The number of rotatable bonds is 6. The molecule has 0 atom stereocenters. The van der Waals surface area contributed by atoms with Gasteiger partial charge < -0.3 is 4.74 Å². The summed E-state index contributed by atoms with van der Waals surface area (Å²) >= 11 is 7.83. The highest BCUT2D eigenvalue weighted by atomic mass is 35.5. The van der Waals surface area contributed by atoms with Crippen molar-refractivity contribution < 1.29 is 9.53 Å². The van der Waals surface area contributed by atoms with Gasteiger partial charge in [-0.1, -0.05) is 77.0 Å². The van der Waals surface area contributed by atoms with Gasteiger partial charge in [0.2, 0.25) is 5.91 Å². The lowest BCUT2D eigenvalue weighted by molar-refractivity contribution is -0.118. The van der Waals surface area contributed by atoms with Gasteiger partial charge in [-0.3, -0.25) is 9.69 Å². The maximum absolute atomic E-state index is 13.5. The molecule has 1 heterocycles. The number of fused-ring (bicyclic) bond motifs is 1.